The van der Waals surface area contributed by atoms with Crippen molar-refractivity contribution in [1.82, 2.24) is 20.2 Å². The van der Waals surface area contributed by atoms with Crippen LogP contribution < -0.4 is 10.1 Å². The van der Waals surface area contributed by atoms with E-state index in [0.717, 1.165) is 36.3 Å². The Morgan fingerprint density at radius 1 is 1.27 bits per heavy atom. The van der Waals surface area contributed by atoms with Crippen molar-refractivity contribution in [2.75, 3.05) is 13.1 Å². The van der Waals surface area contributed by atoms with Crippen LogP contribution in [0.2, 0.25) is 5.02 Å². The molecular weight excluding hydrogens is 352 g/mol. The fraction of sp³-hybridized carbons (Fsp3) is 0.421. The van der Waals surface area contributed by atoms with Crippen molar-refractivity contribution in [1.29, 1.82) is 0 Å². The van der Waals surface area contributed by atoms with Gasteiger partial charge in [-0.3, -0.25) is 0 Å². The van der Waals surface area contributed by atoms with Crippen molar-refractivity contribution in [2.24, 2.45) is 0 Å². The molecule has 1 unspecified atom stereocenters. The van der Waals surface area contributed by atoms with E-state index >= 15 is 0 Å². The number of aryl methyl sites for hydroxylation is 2. The van der Waals surface area contributed by atoms with E-state index in [1.807, 2.05) is 44.2 Å². The summed E-state index contributed by atoms with van der Waals surface area (Å²) in [6.07, 6.45) is 1.69. The second-order valence-corrected chi connectivity index (χ2v) is 6.98. The van der Waals surface area contributed by atoms with Crippen molar-refractivity contribution < 1.29 is 9.53 Å². The number of likely N-dealkylation sites (tertiary alicyclic amines) is 1. The zero-order valence-electron chi connectivity index (χ0n) is 15.0. The number of amides is 2. The molecule has 1 N–H and O–H groups in total. The van der Waals surface area contributed by atoms with Gasteiger partial charge in [-0.2, -0.15) is 0 Å². The fourth-order valence-corrected chi connectivity index (χ4v) is 3.13. The molecule has 2 aromatic rings. The van der Waals surface area contributed by atoms with E-state index in [-0.39, 0.29) is 12.1 Å². The van der Waals surface area contributed by atoms with Gasteiger partial charge in [-0.1, -0.05) is 23.7 Å². The number of aromatic nitrogens is 2. The van der Waals surface area contributed by atoms with Crippen LogP contribution in [0.15, 0.2) is 30.3 Å². The smallest absolute Gasteiger partial charge is 0.317 e. The maximum absolute atomic E-state index is 12.4. The lowest BCUT2D eigenvalue weighted by Crippen LogP contribution is -2.48. The van der Waals surface area contributed by atoms with Gasteiger partial charge in [0, 0.05) is 29.5 Å². The van der Waals surface area contributed by atoms with Gasteiger partial charge in [-0.05, 0) is 50.5 Å². The predicted molar refractivity (Wildman–Crippen MR) is 100 cm³/mol. The van der Waals surface area contributed by atoms with Crippen molar-refractivity contribution in [2.45, 2.75) is 39.3 Å². The van der Waals surface area contributed by atoms with Gasteiger partial charge in [0.15, 0.2) is 0 Å². The summed E-state index contributed by atoms with van der Waals surface area (Å²) in [5, 5.41) is 3.63. The number of hydrogen-bond acceptors (Lipinski definition) is 4. The van der Waals surface area contributed by atoms with Gasteiger partial charge in [0.05, 0.1) is 6.54 Å². The molecule has 0 spiro atoms. The van der Waals surface area contributed by atoms with Crippen LogP contribution in [0, 0.1) is 13.8 Å². The molecule has 7 heteroatoms. The molecule has 0 radical (unpaired) electrons. The summed E-state index contributed by atoms with van der Waals surface area (Å²) >= 11 is 5.88. The minimum atomic E-state index is -0.0915. The lowest BCUT2D eigenvalue weighted by atomic mass is 10.1. The van der Waals surface area contributed by atoms with Crippen LogP contribution in [-0.4, -0.2) is 40.1 Å². The zero-order valence-corrected chi connectivity index (χ0v) is 15.8. The van der Waals surface area contributed by atoms with Gasteiger partial charge < -0.3 is 15.0 Å². The Labute approximate surface area is 158 Å². The summed E-state index contributed by atoms with van der Waals surface area (Å²) in [5.41, 5.74) is 2.76. The Kier molecular flexibility index (Phi) is 5.93. The summed E-state index contributed by atoms with van der Waals surface area (Å²) in [6, 6.07) is 9.65. The third-order valence-corrected chi connectivity index (χ3v) is 4.51. The Balaban J connectivity index is 1.53. The highest BCUT2D eigenvalue weighted by Gasteiger charge is 2.25. The van der Waals surface area contributed by atoms with E-state index in [1.165, 1.54) is 0 Å². The van der Waals surface area contributed by atoms with Crippen LogP contribution in [0.3, 0.4) is 0 Å². The van der Waals surface area contributed by atoms with Crippen LogP contribution in [0.5, 0.6) is 6.01 Å². The van der Waals surface area contributed by atoms with Crippen molar-refractivity contribution >= 4 is 17.6 Å². The summed E-state index contributed by atoms with van der Waals surface area (Å²) < 4.78 is 5.91. The summed E-state index contributed by atoms with van der Waals surface area (Å²) in [7, 11) is 0. The Bertz CT molecular complexity index is 746. The predicted octanol–water partition coefficient (Wildman–Crippen LogP) is 3.50. The number of hydrogen-bond donors (Lipinski definition) is 1. The molecule has 1 saturated heterocycles. The molecular formula is C19H23ClN4O2. The number of carbonyl (C=O) groups excluding carboxylic acids is 1. The van der Waals surface area contributed by atoms with E-state index < -0.39 is 0 Å². The number of nitrogens with zero attached hydrogens (tertiary/aromatic N) is 3. The standard InChI is InChI=1S/C19H23ClN4O2/c1-13-10-14(2)23-18(22-13)26-17-4-3-9-24(12-17)19(25)21-11-15-5-7-16(20)8-6-15/h5-8,10,17H,3-4,9,11-12H2,1-2H3,(H,21,25). The number of halogens is 1. The van der Waals surface area contributed by atoms with Gasteiger partial charge in [-0.15, -0.1) is 0 Å². The molecule has 1 aromatic carbocycles. The van der Waals surface area contributed by atoms with E-state index in [0.29, 0.717) is 24.1 Å². The van der Waals surface area contributed by atoms with E-state index in [1.54, 1.807) is 4.90 Å². The van der Waals surface area contributed by atoms with Gasteiger partial charge in [0.1, 0.15) is 6.10 Å². The number of rotatable bonds is 4. The van der Waals surface area contributed by atoms with Gasteiger partial charge in [0.2, 0.25) is 0 Å². The highest BCUT2D eigenvalue weighted by molar-refractivity contribution is 6.30. The zero-order chi connectivity index (χ0) is 18.5. The molecule has 2 amide bonds. The van der Waals surface area contributed by atoms with Crippen molar-refractivity contribution in [3.05, 3.63) is 52.3 Å². The van der Waals surface area contributed by atoms with Crippen molar-refractivity contribution in [3.8, 4) is 6.01 Å². The SMILES string of the molecule is Cc1cc(C)nc(OC2CCCN(C(=O)NCc3ccc(Cl)cc3)C2)n1. The second kappa shape index (κ2) is 8.36. The van der Waals surface area contributed by atoms with Gasteiger partial charge in [0.25, 0.3) is 0 Å². The summed E-state index contributed by atoms with van der Waals surface area (Å²) in [6.45, 7) is 5.55. The molecule has 1 aromatic heterocycles. The number of nitrogens with one attached hydrogen (secondary N) is 1. The molecule has 6 nitrogen and oxygen atoms in total. The number of carbonyl (C=O) groups is 1. The molecule has 1 aliphatic rings. The second-order valence-electron chi connectivity index (χ2n) is 6.55. The maximum Gasteiger partial charge on any atom is 0.317 e. The average Bonchev–Trinajstić information content (AvgIpc) is 2.60. The molecule has 2 heterocycles. The first-order valence-corrected chi connectivity index (χ1v) is 9.13. The molecule has 138 valence electrons. The lowest BCUT2D eigenvalue weighted by Gasteiger charge is -2.32. The third-order valence-electron chi connectivity index (χ3n) is 4.26. The van der Waals surface area contributed by atoms with Gasteiger partial charge >= 0.3 is 12.0 Å². The molecule has 3 rings (SSSR count). The number of piperidine rings is 1. The highest BCUT2D eigenvalue weighted by atomic mass is 35.5. The summed E-state index contributed by atoms with van der Waals surface area (Å²) in [4.78, 5) is 22.9. The normalized spacial score (nSPS) is 17.0. The minimum Gasteiger partial charge on any atom is -0.458 e. The Morgan fingerprint density at radius 3 is 2.65 bits per heavy atom. The molecule has 1 fully saturated rings. The van der Waals surface area contributed by atoms with Crippen LogP contribution in [0.25, 0.3) is 0 Å². The Morgan fingerprint density at radius 2 is 1.96 bits per heavy atom. The quantitative estimate of drug-likeness (QED) is 0.889. The minimum absolute atomic E-state index is 0.0883. The molecule has 26 heavy (non-hydrogen) atoms. The topological polar surface area (TPSA) is 67.3 Å². The van der Waals surface area contributed by atoms with Gasteiger partial charge in [-0.25, -0.2) is 14.8 Å². The Hall–Kier alpha value is -2.34. The van der Waals surface area contributed by atoms with Crippen LogP contribution in [-0.2, 0) is 6.54 Å². The first-order chi connectivity index (χ1) is 12.5. The largest absolute Gasteiger partial charge is 0.458 e. The van der Waals surface area contributed by atoms with Crippen molar-refractivity contribution in [3.63, 3.8) is 0 Å². The van der Waals surface area contributed by atoms with E-state index in [9.17, 15) is 4.79 Å². The first-order valence-electron chi connectivity index (χ1n) is 8.76. The maximum atomic E-state index is 12.4. The van der Waals surface area contributed by atoms with Crippen LogP contribution in [0.1, 0.15) is 29.8 Å². The number of urea groups is 1. The van der Waals surface area contributed by atoms with E-state index in [2.05, 4.69) is 15.3 Å². The molecule has 1 aliphatic heterocycles. The lowest BCUT2D eigenvalue weighted by molar-refractivity contribution is 0.0935. The van der Waals surface area contributed by atoms with Crippen LogP contribution in [0.4, 0.5) is 4.79 Å². The number of benzene rings is 1. The highest BCUT2D eigenvalue weighted by Crippen LogP contribution is 2.17. The summed E-state index contributed by atoms with van der Waals surface area (Å²) in [5.74, 6) is 0. The molecule has 0 aliphatic carbocycles. The molecule has 0 bridgehead atoms. The number of ether oxygens (including phenoxy) is 1. The van der Waals surface area contributed by atoms with Crippen LogP contribution >= 0.6 is 11.6 Å². The first kappa shape index (κ1) is 18.5. The molecule has 0 saturated carbocycles. The molecule has 1 atom stereocenters. The third kappa shape index (κ3) is 5.08. The monoisotopic (exact) mass is 374 g/mol. The fourth-order valence-electron chi connectivity index (χ4n) is 3.01. The average molecular weight is 375 g/mol. The van der Waals surface area contributed by atoms with E-state index in [4.69, 9.17) is 16.3 Å².